The second-order valence-electron chi connectivity index (χ2n) is 5.10. The Balaban J connectivity index is 1.81. The Bertz CT molecular complexity index is 1090. The van der Waals surface area contributed by atoms with E-state index in [9.17, 15) is 14.2 Å². The van der Waals surface area contributed by atoms with Crippen molar-refractivity contribution in [3.05, 3.63) is 59.3 Å². The number of carbonyl (C=O) groups is 1. The van der Waals surface area contributed by atoms with Crippen LogP contribution >= 0.6 is 12.2 Å². The van der Waals surface area contributed by atoms with Crippen LogP contribution < -0.4 is 10.2 Å². The first-order valence-electron chi connectivity index (χ1n) is 6.99. The molecule has 0 saturated carbocycles. The fraction of sp³-hybridized carbons (Fsp3) is 0.0667. The SMILES string of the molecule is CS(=O)(=NC(=S)NC(=O)c1ccc2c(c1)no[n+]2[O-])c1ccccc1. The second-order valence-corrected chi connectivity index (χ2v) is 7.75. The number of hydrogen-bond acceptors (Lipinski definition) is 6. The number of hydrogen-bond donors (Lipinski definition) is 1. The summed E-state index contributed by atoms with van der Waals surface area (Å²) in [5, 5.41) is 17.0. The molecule has 1 atom stereocenters. The summed E-state index contributed by atoms with van der Waals surface area (Å²) >= 11 is 5.01. The van der Waals surface area contributed by atoms with Crippen molar-refractivity contribution in [2.45, 2.75) is 4.90 Å². The van der Waals surface area contributed by atoms with E-state index in [0.29, 0.717) is 4.90 Å². The lowest BCUT2D eigenvalue weighted by Crippen LogP contribution is -2.28. The molecular weight excluding hydrogens is 364 g/mol. The lowest BCUT2D eigenvalue weighted by atomic mass is 10.2. The molecule has 1 heterocycles. The van der Waals surface area contributed by atoms with Crippen molar-refractivity contribution in [3.8, 4) is 0 Å². The highest BCUT2D eigenvalue weighted by Gasteiger charge is 2.15. The molecule has 128 valence electrons. The average molecular weight is 376 g/mol. The van der Waals surface area contributed by atoms with Gasteiger partial charge in [0.1, 0.15) is 0 Å². The Morgan fingerprint density at radius 1 is 1.32 bits per heavy atom. The van der Waals surface area contributed by atoms with Crippen LogP contribution in [0.15, 0.2) is 62.4 Å². The van der Waals surface area contributed by atoms with Gasteiger partial charge in [-0.05, 0) is 41.4 Å². The van der Waals surface area contributed by atoms with Gasteiger partial charge in [-0.1, -0.05) is 18.2 Å². The maximum atomic E-state index is 12.6. The quantitative estimate of drug-likeness (QED) is 0.537. The molecule has 3 aromatic rings. The van der Waals surface area contributed by atoms with E-state index >= 15 is 0 Å². The summed E-state index contributed by atoms with van der Waals surface area (Å²) in [7, 11) is -2.77. The summed E-state index contributed by atoms with van der Waals surface area (Å²) in [5.41, 5.74) is 0.639. The highest BCUT2D eigenvalue weighted by molar-refractivity contribution is 7.94. The molecule has 8 nitrogen and oxygen atoms in total. The van der Waals surface area contributed by atoms with Crippen molar-refractivity contribution in [1.82, 2.24) is 10.5 Å². The number of rotatable bonds is 2. The average Bonchev–Trinajstić information content (AvgIpc) is 2.95. The van der Waals surface area contributed by atoms with E-state index in [4.69, 9.17) is 12.2 Å². The molecule has 0 aliphatic rings. The molecule has 0 fully saturated rings. The third-order valence-corrected chi connectivity index (χ3v) is 5.29. The molecule has 25 heavy (non-hydrogen) atoms. The van der Waals surface area contributed by atoms with E-state index in [1.165, 1.54) is 24.5 Å². The first-order valence-corrected chi connectivity index (χ1v) is 9.32. The second kappa shape index (κ2) is 6.57. The van der Waals surface area contributed by atoms with Crippen LogP contribution in [0.5, 0.6) is 0 Å². The summed E-state index contributed by atoms with van der Waals surface area (Å²) in [6.07, 6.45) is 1.44. The fourth-order valence-electron chi connectivity index (χ4n) is 2.09. The molecule has 0 spiro atoms. The van der Waals surface area contributed by atoms with E-state index < -0.39 is 15.6 Å². The first-order chi connectivity index (χ1) is 11.9. The number of thiocarbonyl (C=S) groups is 1. The van der Waals surface area contributed by atoms with Crippen LogP contribution in [0.4, 0.5) is 0 Å². The van der Waals surface area contributed by atoms with E-state index in [-0.39, 0.29) is 26.6 Å². The van der Waals surface area contributed by atoms with Gasteiger partial charge in [0.15, 0.2) is 0 Å². The maximum Gasteiger partial charge on any atom is 0.257 e. The Kier molecular flexibility index (Phi) is 4.47. The number of carbonyl (C=O) groups excluding carboxylic acids is 1. The van der Waals surface area contributed by atoms with Gasteiger partial charge < -0.3 is 5.21 Å². The molecule has 0 aliphatic carbocycles. The van der Waals surface area contributed by atoms with Crippen LogP contribution in [0, 0.1) is 5.21 Å². The lowest BCUT2D eigenvalue weighted by molar-refractivity contribution is -0.782. The van der Waals surface area contributed by atoms with Crippen LogP contribution in [0.3, 0.4) is 0 Å². The standard InChI is InChI=1S/C15H12N4O4S2/c1-25(22,11-5-3-2-4-6-11)18-15(24)16-14(20)10-7-8-13-12(9-10)17-23-19(13)21/h2-9H,1H3,(H,16,20,24). The maximum absolute atomic E-state index is 12.6. The van der Waals surface area contributed by atoms with Gasteiger partial charge in [-0.15, -0.1) is 0 Å². The molecule has 10 heteroatoms. The van der Waals surface area contributed by atoms with E-state index in [0.717, 1.165) is 0 Å². The number of aromatic nitrogens is 2. The summed E-state index contributed by atoms with van der Waals surface area (Å²) in [5.74, 6) is -0.556. The van der Waals surface area contributed by atoms with Crippen molar-refractivity contribution < 1.29 is 18.5 Å². The molecule has 3 rings (SSSR count). The normalized spacial score (nSPS) is 13.2. The summed E-state index contributed by atoms with van der Waals surface area (Å²) in [6, 6.07) is 12.8. The van der Waals surface area contributed by atoms with Crippen molar-refractivity contribution in [2.24, 2.45) is 4.36 Å². The molecular formula is C15H12N4O4S2. The minimum absolute atomic E-state index is 0.194. The van der Waals surface area contributed by atoms with Crippen LogP contribution in [-0.2, 0) is 9.73 Å². The molecule has 0 radical (unpaired) electrons. The Hall–Kier alpha value is -2.85. The number of fused-ring (bicyclic) bond motifs is 1. The Morgan fingerprint density at radius 3 is 2.76 bits per heavy atom. The highest BCUT2D eigenvalue weighted by atomic mass is 32.2. The van der Waals surface area contributed by atoms with Crippen molar-refractivity contribution in [1.29, 1.82) is 0 Å². The third kappa shape index (κ3) is 3.64. The Morgan fingerprint density at radius 2 is 2.04 bits per heavy atom. The molecule has 1 N–H and O–H groups in total. The largest absolute Gasteiger partial charge is 0.359 e. The van der Waals surface area contributed by atoms with E-state index in [1.807, 2.05) is 0 Å². The van der Waals surface area contributed by atoms with Crippen LogP contribution in [-0.4, -0.2) is 26.6 Å². The topological polar surface area (TPSA) is 112 Å². The van der Waals surface area contributed by atoms with Gasteiger partial charge in [0, 0.05) is 27.9 Å². The molecule has 1 aromatic heterocycles. The van der Waals surface area contributed by atoms with E-state index in [2.05, 4.69) is 19.5 Å². The van der Waals surface area contributed by atoms with Gasteiger partial charge in [-0.25, -0.2) is 4.21 Å². The zero-order chi connectivity index (χ0) is 18.0. The summed E-state index contributed by atoms with van der Waals surface area (Å²) in [4.78, 5) is 13.0. The monoisotopic (exact) mass is 376 g/mol. The molecule has 0 bridgehead atoms. The number of nitrogens with zero attached hydrogens (tertiary/aromatic N) is 3. The minimum Gasteiger partial charge on any atom is -0.359 e. The fourth-order valence-corrected chi connectivity index (χ4v) is 3.74. The zero-order valence-electron chi connectivity index (χ0n) is 12.9. The molecule has 1 amide bonds. The number of benzene rings is 2. The Labute approximate surface area is 148 Å². The first kappa shape index (κ1) is 17.0. The smallest absolute Gasteiger partial charge is 0.257 e. The van der Waals surface area contributed by atoms with Gasteiger partial charge in [0.05, 0.1) is 9.73 Å². The third-order valence-electron chi connectivity index (χ3n) is 3.31. The predicted molar refractivity (Wildman–Crippen MR) is 94.2 cm³/mol. The summed E-state index contributed by atoms with van der Waals surface area (Å²) < 4.78 is 21.0. The van der Waals surface area contributed by atoms with Gasteiger partial charge >= 0.3 is 0 Å². The highest BCUT2D eigenvalue weighted by Crippen LogP contribution is 2.12. The van der Waals surface area contributed by atoms with Crippen molar-refractivity contribution in [2.75, 3.05) is 6.26 Å². The number of nitrogens with one attached hydrogen (secondary N) is 1. The van der Waals surface area contributed by atoms with Gasteiger partial charge in [-0.2, -0.15) is 4.36 Å². The molecule has 0 aliphatic heterocycles. The van der Waals surface area contributed by atoms with Crippen LogP contribution in [0.25, 0.3) is 11.0 Å². The van der Waals surface area contributed by atoms with Gasteiger partial charge in [-0.3, -0.25) is 14.7 Å². The zero-order valence-corrected chi connectivity index (χ0v) is 14.5. The molecule has 0 saturated heterocycles. The van der Waals surface area contributed by atoms with Crippen LogP contribution in [0.2, 0.25) is 0 Å². The molecule has 1 unspecified atom stereocenters. The molecule has 2 aromatic carbocycles. The predicted octanol–water partition coefficient (Wildman–Crippen LogP) is 1.63. The van der Waals surface area contributed by atoms with Crippen molar-refractivity contribution >= 4 is 44.0 Å². The van der Waals surface area contributed by atoms with Gasteiger partial charge in [0.2, 0.25) is 16.1 Å². The van der Waals surface area contributed by atoms with Crippen molar-refractivity contribution in [3.63, 3.8) is 0 Å². The van der Waals surface area contributed by atoms with E-state index in [1.54, 1.807) is 30.3 Å². The van der Waals surface area contributed by atoms with Crippen LogP contribution in [0.1, 0.15) is 10.4 Å². The lowest BCUT2D eigenvalue weighted by Gasteiger charge is -2.06. The number of amides is 1. The van der Waals surface area contributed by atoms with Gasteiger partial charge in [0.25, 0.3) is 5.91 Å². The summed E-state index contributed by atoms with van der Waals surface area (Å²) in [6.45, 7) is 0. The minimum atomic E-state index is -2.77.